The predicted octanol–water partition coefficient (Wildman–Crippen LogP) is 5.57. The van der Waals surface area contributed by atoms with Gasteiger partial charge in [0.1, 0.15) is 19.0 Å². The number of amides is 2. The molecule has 37 heavy (non-hydrogen) atoms. The van der Waals surface area contributed by atoms with Crippen molar-refractivity contribution in [3.05, 3.63) is 83.4 Å². The summed E-state index contributed by atoms with van der Waals surface area (Å²) in [4.78, 5) is 13.1. The van der Waals surface area contributed by atoms with Crippen LogP contribution < -0.4 is 19.5 Å². The van der Waals surface area contributed by atoms with Gasteiger partial charge in [-0.1, -0.05) is 36.4 Å². The molecule has 0 saturated heterocycles. The van der Waals surface area contributed by atoms with E-state index >= 15 is 0 Å². The van der Waals surface area contributed by atoms with Crippen LogP contribution in [0, 0.1) is 0 Å². The van der Waals surface area contributed by atoms with Crippen molar-refractivity contribution in [2.45, 2.75) is 17.9 Å². The average molecular weight is 513 g/mol. The second-order valence-corrected chi connectivity index (χ2v) is 8.72. The van der Waals surface area contributed by atoms with E-state index in [4.69, 9.17) is 9.47 Å². The number of halogens is 4. The molecule has 0 bridgehead atoms. The maximum atomic E-state index is 14.1. The van der Waals surface area contributed by atoms with E-state index in [0.29, 0.717) is 30.4 Å². The fourth-order valence-electron chi connectivity index (χ4n) is 4.53. The number of nitrogens with one attached hydrogen (secondary N) is 1. The zero-order valence-electron chi connectivity index (χ0n) is 19.1. The van der Waals surface area contributed by atoms with Gasteiger partial charge < -0.3 is 19.5 Å². The second-order valence-electron chi connectivity index (χ2n) is 8.72. The van der Waals surface area contributed by atoms with Gasteiger partial charge in [-0.15, -0.1) is 0 Å². The fraction of sp³-hybridized carbons (Fsp3) is 0.231. The molecule has 3 heterocycles. The van der Waals surface area contributed by atoms with E-state index in [2.05, 4.69) is 15.2 Å². The Balaban J connectivity index is 1.28. The maximum Gasteiger partial charge on any atom is 0.469 e. The third kappa shape index (κ3) is 3.90. The molecule has 0 saturated carbocycles. The molecule has 3 aliphatic rings. The number of urea groups is 1. The van der Waals surface area contributed by atoms with E-state index in [9.17, 15) is 22.4 Å². The number of fused-ring (bicyclic) bond motifs is 2. The summed E-state index contributed by atoms with van der Waals surface area (Å²) in [6.45, 7) is 1.03. The Morgan fingerprint density at radius 1 is 0.919 bits per heavy atom. The molecule has 0 fully saturated rings. The lowest BCUT2D eigenvalue weighted by molar-refractivity contribution is -0.296. The Labute approximate surface area is 208 Å². The largest absolute Gasteiger partial charge is 0.486 e. The molecule has 7 nitrogen and oxygen atoms in total. The Morgan fingerprint density at radius 3 is 2.43 bits per heavy atom. The van der Waals surface area contributed by atoms with E-state index in [1.54, 1.807) is 6.07 Å². The van der Waals surface area contributed by atoms with Crippen LogP contribution in [-0.2, 0) is 5.92 Å². The molecule has 0 spiro atoms. The van der Waals surface area contributed by atoms with Gasteiger partial charge in [-0.25, -0.2) is 9.80 Å². The number of hydrogen-bond donors (Lipinski definition) is 1. The fourth-order valence-corrected chi connectivity index (χ4v) is 4.53. The minimum atomic E-state index is -4.67. The summed E-state index contributed by atoms with van der Waals surface area (Å²) in [5.41, 5.74) is 1.18. The van der Waals surface area contributed by atoms with Gasteiger partial charge in [0.05, 0.1) is 17.8 Å². The van der Waals surface area contributed by atoms with Crippen molar-refractivity contribution in [2.75, 3.05) is 25.1 Å². The van der Waals surface area contributed by atoms with Crippen LogP contribution in [0.15, 0.2) is 71.8 Å². The standard InChI is InChI=1S/C26H19F4N3O4/c27-25(28)19-13-17(7-9-20(19)37-26(25,29)30)31-24(34)33-14-18(23(32-33)15-4-2-1-3-5-15)16-6-8-21-22(12-16)36-11-10-35-21/h1-9,12-13,18H,10-11,14H2,(H,31,34). The first kappa shape index (κ1) is 23.1. The summed E-state index contributed by atoms with van der Waals surface area (Å²) in [6, 6.07) is 17.1. The van der Waals surface area contributed by atoms with Crippen molar-refractivity contribution in [1.82, 2.24) is 5.01 Å². The van der Waals surface area contributed by atoms with Crippen molar-refractivity contribution in [2.24, 2.45) is 5.10 Å². The van der Waals surface area contributed by atoms with Gasteiger partial charge in [-0.05, 0) is 41.5 Å². The van der Waals surface area contributed by atoms with Crippen LogP contribution in [-0.4, -0.2) is 42.6 Å². The number of alkyl halides is 4. The number of carbonyl (C=O) groups is 1. The minimum absolute atomic E-state index is 0.0936. The van der Waals surface area contributed by atoms with Crippen LogP contribution in [0.25, 0.3) is 0 Å². The summed E-state index contributed by atoms with van der Waals surface area (Å²) in [6.07, 6.45) is -4.67. The molecule has 2 amide bonds. The Hall–Kier alpha value is -4.28. The number of carbonyl (C=O) groups excluding carboxylic acids is 1. The van der Waals surface area contributed by atoms with Gasteiger partial charge in [0.2, 0.25) is 0 Å². The van der Waals surface area contributed by atoms with Gasteiger partial charge in [-0.3, -0.25) is 0 Å². The molecule has 11 heteroatoms. The van der Waals surface area contributed by atoms with E-state index in [1.807, 2.05) is 42.5 Å². The smallest absolute Gasteiger partial charge is 0.469 e. The number of anilines is 1. The lowest BCUT2D eigenvalue weighted by Crippen LogP contribution is -2.37. The van der Waals surface area contributed by atoms with Crippen molar-refractivity contribution in [3.63, 3.8) is 0 Å². The van der Waals surface area contributed by atoms with Gasteiger partial charge in [-0.2, -0.15) is 22.7 Å². The van der Waals surface area contributed by atoms with Gasteiger partial charge in [0.15, 0.2) is 11.5 Å². The van der Waals surface area contributed by atoms with E-state index < -0.39 is 29.4 Å². The number of benzene rings is 3. The van der Waals surface area contributed by atoms with E-state index in [0.717, 1.165) is 23.3 Å². The van der Waals surface area contributed by atoms with Crippen LogP contribution in [0.2, 0.25) is 0 Å². The van der Waals surface area contributed by atoms with Crippen LogP contribution in [0.1, 0.15) is 22.6 Å². The highest BCUT2D eigenvalue weighted by molar-refractivity contribution is 6.08. The molecule has 3 aliphatic heterocycles. The highest BCUT2D eigenvalue weighted by Crippen LogP contribution is 2.53. The molecule has 1 unspecified atom stereocenters. The zero-order valence-corrected chi connectivity index (χ0v) is 19.1. The molecular formula is C26H19F4N3O4. The topological polar surface area (TPSA) is 72.4 Å². The van der Waals surface area contributed by atoms with Crippen LogP contribution in [0.3, 0.4) is 0 Å². The Morgan fingerprint density at radius 2 is 1.65 bits per heavy atom. The maximum absolute atomic E-state index is 14.1. The van der Waals surface area contributed by atoms with Gasteiger partial charge in [0.25, 0.3) is 0 Å². The number of ether oxygens (including phenoxy) is 3. The number of hydrazone groups is 1. The normalized spacial score (nSPS) is 20.6. The molecule has 3 aromatic rings. The molecule has 1 atom stereocenters. The van der Waals surface area contributed by atoms with Crippen molar-refractivity contribution in [3.8, 4) is 17.2 Å². The molecule has 0 aliphatic carbocycles. The summed E-state index contributed by atoms with van der Waals surface area (Å²) >= 11 is 0. The number of rotatable bonds is 3. The third-order valence-corrected chi connectivity index (χ3v) is 6.36. The summed E-state index contributed by atoms with van der Waals surface area (Å²) in [5.74, 6) is -4.27. The first-order chi connectivity index (χ1) is 17.7. The zero-order chi connectivity index (χ0) is 25.8. The SMILES string of the molecule is O=C(Nc1ccc2c(c1)C(F)(F)C(F)(F)O2)N1CC(c2ccc3c(c2)OCCO3)C(c2ccccc2)=N1. The first-order valence-corrected chi connectivity index (χ1v) is 11.4. The van der Waals surface area contributed by atoms with Crippen molar-refractivity contribution in [1.29, 1.82) is 0 Å². The average Bonchev–Trinajstić information content (AvgIpc) is 3.42. The van der Waals surface area contributed by atoms with Gasteiger partial charge in [0, 0.05) is 11.6 Å². The van der Waals surface area contributed by atoms with Crippen LogP contribution in [0.5, 0.6) is 17.2 Å². The predicted molar refractivity (Wildman–Crippen MR) is 125 cm³/mol. The second kappa shape index (κ2) is 8.39. The van der Waals surface area contributed by atoms with E-state index in [-0.39, 0.29) is 18.2 Å². The highest BCUT2D eigenvalue weighted by Gasteiger charge is 2.66. The molecule has 0 aromatic heterocycles. The van der Waals surface area contributed by atoms with Crippen LogP contribution in [0.4, 0.5) is 28.0 Å². The molecule has 190 valence electrons. The molecule has 1 N–H and O–H groups in total. The molecule has 6 rings (SSSR count). The third-order valence-electron chi connectivity index (χ3n) is 6.36. The number of nitrogens with zero attached hydrogens (tertiary/aromatic N) is 2. The highest BCUT2D eigenvalue weighted by atomic mass is 19.3. The number of hydrogen-bond acceptors (Lipinski definition) is 5. The summed E-state index contributed by atoms with van der Waals surface area (Å²) in [7, 11) is 0. The Bertz CT molecular complexity index is 1410. The lowest BCUT2D eigenvalue weighted by atomic mass is 9.90. The molecule has 0 radical (unpaired) electrons. The first-order valence-electron chi connectivity index (χ1n) is 11.4. The lowest BCUT2D eigenvalue weighted by Gasteiger charge is -2.21. The van der Waals surface area contributed by atoms with Crippen molar-refractivity contribution < 1.29 is 36.6 Å². The Kier molecular flexibility index (Phi) is 5.25. The summed E-state index contributed by atoms with van der Waals surface area (Å²) in [5, 5.41) is 8.18. The molecule has 3 aromatic carbocycles. The monoisotopic (exact) mass is 513 g/mol. The van der Waals surface area contributed by atoms with Crippen molar-refractivity contribution >= 4 is 17.4 Å². The van der Waals surface area contributed by atoms with Crippen LogP contribution >= 0.6 is 0 Å². The minimum Gasteiger partial charge on any atom is -0.486 e. The van der Waals surface area contributed by atoms with Gasteiger partial charge >= 0.3 is 18.1 Å². The quantitative estimate of drug-likeness (QED) is 0.465. The van der Waals surface area contributed by atoms with E-state index in [1.165, 1.54) is 11.1 Å². The molecular weight excluding hydrogens is 494 g/mol. The summed E-state index contributed by atoms with van der Waals surface area (Å²) < 4.78 is 70.7.